The molecule has 2 atom stereocenters. The van der Waals surface area contributed by atoms with Gasteiger partial charge in [-0.05, 0) is 37.0 Å². The number of nitrogens with one attached hydrogen (secondary N) is 1. The van der Waals surface area contributed by atoms with Crippen LogP contribution in [0.2, 0.25) is 0 Å². The summed E-state index contributed by atoms with van der Waals surface area (Å²) in [7, 11) is 0. The third kappa shape index (κ3) is 2.35. The maximum absolute atomic E-state index is 11.9. The Balaban J connectivity index is 2.03. The summed E-state index contributed by atoms with van der Waals surface area (Å²) in [6, 6.07) is 7.44. The molecule has 1 aliphatic rings. The number of benzene rings is 1. The topological polar surface area (TPSA) is 55.1 Å². The molecule has 0 radical (unpaired) electrons. The van der Waals surface area contributed by atoms with E-state index in [4.69, 9.17) is 5.73 Å². The lowest BCUT2D eigenvalue weighted by Gasteiger charge is -2.17. The van der Waals surface area contributed by atoms with Gasteiger partial charge in [0.25, 0.3) is 5.91 Å². The highest BCUT2D eigenvalue weighted by atomic mass is 16.1. The predicted molar refractivity (Wildman–Crippen MR) is 65.1 cm³/mol. The third-order valence-electron chi connectivity index (χ3n) is 3.33. The lowest BCUT2D eigenvalue weighted by Crippen LogP contribution is -2.36. The van der Waals surface area contributed by atoms with Gasteiger partial charge in [-0.25, -0.2) is 0 Å². The molecule has 0 heterocycles. The van der Waals surface area contributed by atoms with Gasteiger partial charge in [0.15, 0.2) is 0 Å². The fourth-order valence-electron chi connectivity index (χ4n) is 2.29. The average Bonchev–Trinajstić information content (AvgIpc) is 2.64. The van der Waals surface area contributed by atoms with Crippen LogP contribution in [0.15, 0.2) is 24.3 Å². The van der Waals surface area contributed by atoms with Crippen LogP contribution in [0.1, 0.15) is 36.5 Å². The molecule has 3 N–H and O–H groups in total. The summed E-state index contributed by atoms with van der Waals surface area (Å²) in [6.45, 7) is 2.19. The minimum atomic E-state index is -0.00829. The van der Waals surface area contributed by atoms with Crippen LogP contribution < -0.4 is 11.1 Å². The molecule has 1 saturated carbocycles. The molecule has 16 heavy (non-hydrogen) atoms. The summed E-state index contributed by atoms with van der Waals surface area (Å²) in [5.74, 6) is 0.580. The molecule has 1 aliphatic carbocycles. The lowest BCUT2D eigenvalue weighted by molar-refractivity contribution is 0.0929. The summed E-state index contributed by atoms with van der Waals surface area (Å²) in [5.41, 5.74) is 6.94. The molecule has 86 valence electrons. The summed E-state index contributed by atoms with van der Waals surface area (Å²) in [5, 5.41) is 3.08. The highest BCUT2D eigenvalue weighted by Gasteiger charge is 2.24. The number of hydrogen-bond acceptors (Lipinski definition) is 2. The molecular formula is C13H18N2O. The lowest BCUT2D eigenvalue weighted by atomic mass is 10.1. The van der Waals surface area contributed by atoms with E-state index in [1.165, 1.54) is 12.8 Å². The number of hydrogen-bond donors (Lipinski definition) is 2. The van der Waals surface area contributed by atoms with E-state index in [0.717, 1.165) is 6.42 Å². The molecule has 0 saturated heterocycles. The van der Waals surface area contributed by atoms with Gasteiger partial charge in [0.1, 0.15) is 0 Å². The molecule has 1 fully saturated rings. The van der Waals surface area contributed by atoms with Crippen LogP contribution in [-0.2, 0) is 0 Å². The van der Waals surface area contributed by atoms with Crippen molar-refractivity contribution in [2.24, 2.45) is 5.92 Å². The molecule has 0 aliphatic heterocycles. The van der Waals surface area contributed by atoms with Crippen LogP contribution in [0.4, 0.5) is 5.69 Å². The van der Waals surface area contributed by atoms with Gasteiger partial charge in [0, 0.05) is 17.3 Å². The van der Waals surface area contributed by atoms with Gasteiger partial charge < -0.3 is 11.1 Å². The fourth-order valence-corrected chi connectivity index (χ4v) is 2.29. The molecule has 3 nitrogen and oxygen atoms in total. The first-order valence-corrected chi connectivity index (χ1v) is 5.83. The van der Waals surface area contributed by atoms with Crippen molar-refractivity contribution in [1.82, 2.24) is 5.32 Å². The summed E-state index contributed by atoms with van der Waals surface area (Å²) < 4.78 is 0. The van der Waals surface area contributed by atoms with Gasteiger partial charge in [-0.3, -0.25) is 4.79 Å². The molecule has 2 rings (SSSR count). The fraction of sp³-hybridized carbons (Fsp3) is 0.462. The standard InChI is InChI=1S/C13H18N2O/c1-9-4-2-7-12(9)15-13(16)10-5-3-6-11(14)8-10/h3,5-6,8-9,12H,2,4,7,14H2,1H3,(H,15,16). The zero-order valence-electron chi connectivity index (χ0n) is 9.57. The Morgan fingerprint density at radius 1 is 1.44 bits per heavy atom. The maximum Gasteiger partial charge on any atom is 0.251 e. The maximum atomic E-state index is 11.9. The number of amides is 1. The van der Waals surface area contributed by atoms with Crippen molar-refractivity contribution in [3.8, 4) is 0 Å². The van der Waals surface area contributed by atoms with Gasteiger partial charge in [-0.15, -0.1) is 0 Å². The zero-order chi connectivity index (χ0) is 11.5. The molecule has 1 amide bonds. The highest BCUT2D eigenvalue weighted by molar-refractivity contribution is 5.95. The monoisotopic (exact) mass is 218 g/mol. The van der Waals surface area contributed by atoms with E-state index in [1.807, 2.05) is 6.07 Å². The van der Waals surface area contributed by atoms with E-state index in [-0.39, 0.29) is 5.91 Å². The molecule has 0 bridgehead atoms. The Morgan fingerprint density at radius 3 is 2.88 bits per heavy atom. The van der Waals surface area contributed by atoms with E-state index >= 15 is 0 Å². The summed E-state index contributed by atoms with van der Waals surface area (Å²) in [6.07, 6.45) is 3.51. The van der Waals surface area contributed by atoms with Gasteiger partial charge >= 0.3 is 0 Å². The zero-order valence-corrected chi connectivity index (χ0v) is 9.57. The van der Waals surface area contributed by atoms with Gasteiger partial charge in [0.05, 0.1) is 0 Å². The number of nitrogens with two attached hydrogens (primary N) is 1. The second kappa shape index (κ2) is 4.56. The van der Waals surface area contributed by atoms with Gasteiger partial charge in [-0.1, -0.05) is 19.4 Å². The Morgan fingerprint density at radius 2 is 2.25 bits per heavy atom. The third-order valence-corrected chi connectivity index (χ3v) is 3.33. The van der Waals surface area contributed by atoms with Crippen molar-refractivity contribution in [3.63, 3.8) is 0 Å². The summed E-state index contributed by atoms with van der Waals surface area (Å²) in [4.78, 5) is 11.9. The van der Waals surface area contributed by atoms with E-state index in [1.54, 1.807) is 18.2 Å². The number of nitrogen functional groups attached to an aromatic ring is 1. The van der Waals surface area contributed by atoms with E-state index < -0.39 is 0 Å². The van der Waals surface area contributed by atoms with Crippen molar-refractivity contribution in [1.29, 1.82) is 0 Å². The van der Waals surface area contributed by atoms with Crippen LogP contribution in [0, 0.1) is 5.92 Å². The van der Waals surface area contributed by atoms with Crippen molar-refractivity contribution in [2.75, 3.05) is 5.73 Å². The Bertz CT molecular complexity index is 389. The minimum Gasteiger partial charge on any atom is -0.399 e. The number of anilines is 1. The Kier molecular flexibility index (Phi) is 3.13. The average molecular weight is 218 g/mol. The van der Waals surface area contributed by atoms with Crippen molar-refractivity contribution >= 4 is 11.6 Å². The van der Waals surface area contributed by atoms with Gasteiger partial charge in [0.2, 0.25) is 0 Å². The highest BCUT2D eigenvalue weighted by Crippen LogP contribution is 2.25. The van der Waals surface area contributed by atoms with Crippen molar-refractivity contribution in [3.05, 3.63) is 29.8 Å². The molecule has 0 spiro atoms. The van der Waals surface area contributed by atoms with Crippen LogP contribution >= 0.6 is 0 Å². The molecule has 1 aromatic carbocycles. The summed E-state index contributed by atoms with van der Waals surface area (Å²) >= 11 is 0. The van der Waals surface area contributed by atoms with Crippen LogP contribution in [-0.4, -0.2) is 11.9 Å². The Hall–Kier alpha value is -1.51. The van der Waals surface area contributed by atoms with Crippen LogP contribution in [0.25, 0.3) is 0 Å². The second-order valence-corrected chi connectivity index (χ2v) is 4.61. The van der Waals surface area contributed by atoms with Crippen molar-refractivity contribution < 1.29 is 4.79 Å². The van der Waals surface area contributed by atoms with E-state index in [9.17, 15) is 4.79 Å². The number of rotatable bonds is 2. The van der Waals surface area contributed by atoms with Crippen LogP contribution in [0.5, 0.6) is 0 Å². The van der Waals surface area contributed by atoms with Crippen LogP contribution in [0.3, 0.4) is 0 Å². The Labute approximate surface area is 96.0 Å². The van der Waals surface area contributed by atoms with E-state index in [0.29, 0.717) is 23.2 Å². The normalized spacial score (nSPS) is 24.3. The first-order chi connectivity index (χ1) is 7.66. The predicted octanol–water partition coefficient (Wildman–Crippen LogP) is 2.19. The van der Waals surface area contributed by atoms with Gasteiger partial charge in [-0.2, -0.15) is 0 Å². The van der Waals surface area contributed by atoms with Crippen molar-refractivity contribution in [2.45, 2.75) is 32.2 Å². The smallest absolute Gasteiger partial charge is 0.251 e. The molecule has 3 heteroatoms. The quantitative estimate of drug-likeness (QED) is 0.748. The number of carbonyl (C=O) groups is 1. The van der Waals surface area contributed by atoms with E-state index in [2.05, 4.69) is 12.2 Å². The largest absolute Gasteiger partial charge is 0.399 e. The molecular weight excluding hydrogens is 200 g/mol. The SMILES string of the molecule is CC1CCCC1NC(=O)c1cccc(N)c1. The first kappa shape index (κ1) is 11.0. The number of carbonyl (C=O) groups excluding carboxylic acids is 1. The second-order valence-electron chi connectivity index (χ2n) is 4.61. The molecule has 1 aromatic rings. The molecule has 0 aromatic heterocycles. The minimum absolute atomic E-state index is 0.00829. The molecule has 2 unspecified atom stereocenters. The first-order valence-electron chi connectivity index (χ1n) is 5.83.